The van der Waals surface area contributed by atoms with Crippen LogP contribution in [0.5, 0.6) is 5.75 Å². The van der Waals surface area contributed by atoms with Crippen molar-refractivity contribution in [2.45, 2.75) is 32.8 Å². The number of ether oxygens (including phenoxy) is 1. The van der Waals surface area contributed by atoms with E-state index in [2.05, 4.69) is 0 Å². The van der Waals surface area contributed by atoms with Crippen LogP contribution < -0.4 is 4.74 Å². The number of aryl methyl sites for hydroxylation is 1. The maximum atomic E-state index is 10.4. The van der Waals surface area contributed by atoms with E-state index in [4.69, 9.17) is 9.84 Å². The predicted molar refractivity (Wildman–Crippen MR) is 58.1 cm³/mol. The molecule has 1 rings (SSSR count). The molecule has 1 unspecified atom stereocenters. The largest absolute Gasteiger partial charge is 0.491 e. The van der Waals surface area contributed by atoms with Crippen molar-refractivity contribution >= 4 is 5.97 Å². The van der Waals surface area contributed by atoms with Crippen LogP contribution in [-0.4, -0.2) is 17.2 Å². The highest BCUT2D eigenvalue weighted by Crippen LogP contribution is 2.15. The first kappa shape index (κ1) is 11.6. The summed E-state index contributed by atoms with van der Waals surface area (Å²) in [5.74, 6) is 0.0163. The average Bonchev–Trinajstić information content (AvgIpc) is 2.15. The Bertz CT molecular complexity index is 333. The molecule has 0 fully saturated rings. The molecule has 3 heteroatoms. The van der Waals surface area contributed by atoms with E-state index in [1.807, 2.05) is 38.1 Å². The summed E-state index contributed by atoms with van der Waals surface area (Å²) in [6.45, 7) is 3.88. The predicted octanol–water partition coefficient (Wildman–Crippen LogP) is 2.63. The highest BCUT2D eigenvalue weighted by Gasteiger charge is 2.06. The van der Waals surface area contributed by atoms with E-state index in [1.54, 1.807) is 0 Å². The molecule has 0 saturated heterocycles. The summed E-state index contributed by atoms with van der Waals surface area (Å²) < 4.78 is 5.58. The van der Waals surface area contributed by atoms with Crippen molar-refractivity contribution in [3.05, 3.63) is 29.8 Å². The highest BCUT2D eigenvalue weighted by atomic mass is 16.5. The van der Waals surface area contributed by atoms with Gasteiger partial charge in [0.15, 0.2) is 0 Å². The summed E-state index contributed by atoms with van der Waals surface area (Å²) in [5, 5.41) is 8.52. The van der Waals surface area contributed by atoms with Crippen molar-refractivity contribution in [3.63, 3.8) is 0 Å². The molecule has 0 saturated carbocycles. The summed E-state index contributed by atoms with van der Waals surface area (Å²) in [6.07, 6.45) is 0.610. The van der Waals surface area contributed by atoms with E-state index in [-0.39, 0.29) is 12.5 Å². The fourth-order valence-corrected chi connectivity index (χ4v) is 1.31. The number of rotatable bonds is 5. The normalized spacial score (nSPS) is 12.1. The van der Waals surface area contributed by atoms with Crippen LogP contribution >= 0.6 is 0 Å². The third kappa shape index (κ3) is 4.49. The summed E-state index contributed by atoms with van der Waals surface area (Å²) in [6, 6.07) is 7.74. The lowest BCUT2D eigenvalue weighted by molar-refractivity contribution is -0.137. The van der Waals surface area contributed by atoms with Crippen LogP contribution in [0.25, 0.3) is 0 Å². The maximum absolute atomic E-state index is 10.4. The zero-order valence-corrected chi connectivity index (χ0v) is 9.06. The smallest absolute Gasteiger partial charge is 0.303 e. The molecule has 0 aliphatic carbocycles. The Morgan fingerprint density at radius 1 is 1.53 bits per heavy atom. The van der Waals surface area contributed by atoms with Crippen LogP contribution in [0.1, 0.15) is 25.3 Å². The van der Waals surface area contributed by atoms with Crippen LogP contribution in [0.3, 0.4) is 0 Å². The van der Waals surface area contributed by atoms with Crippen LogP contribution in [0.15, 0.2) is 24.3 Å². The summed E-state index contributed by atoms with van der Waals surface area (Å²) >= 11 is 0. The monoisotopic (exact) mass is 208 g/mol. The molecule has 1 aromatic carbocycles. The van der Waals surface area contributed by atoms with Gasteiger partial charge in [0.2, 0.25) is 0 Å². The van der Waals surface area contributed by atoms with Gasteiger partial charge in [-0.25, -0.2) is 0 Å². The fourth-order valence-electron chi connectivity index (χ4n) is 1.31. The number of benzene rings is 1. The Morgan fingerprint density at radius 3 is 2.87 bits per heavy atom. The highest BCUT2D eigenvalue weighted by molar-refractivity contribution is 5.66. The molecule has 82 valence electrons. The van der Waals surface area contributed by atoms with E-state index in [1.165, 1.54) is 0 Å². The number of aliphatic carboxylic acids is 1. The number of carbonyl (C=O) groups is 1. The first-order valence-corrected chi connectivity index (χ1v) is 5.03. The van der Waals surface area contributed by atoms with Crippen molar-refractivity contribution in [1.82, 2.24) is 0 Å². The topological polar surface area (TPSA) is 46.5 Å². The standard InChI is InChI=1S/C12H16O3/c1-9-4-3-5-11(8-9)15-10(2)6-7-12(13)14/h3-5,8,10H,6-7H2,1-2H3,(H,13,14). The lowest BCUT2D eigenvalue weighted by atomic mass is 10.2. The molecule has 3 nitrogen and oxygen atoms in total. The molecule has 1 atom stereocenters. The molecule has 0 aliphatic heterocycles. The molecule has 0 aromatic heterocycles. The van der Waals surface area contributed by atoms with Gasteiger partial charge in [0.25, 0.3) is 0 Å². The number of hydrogen-bond donors (Lipinski definition) is 1. The number of carboxylic acid groups (broad SMARTS) is 1. The lowest BCUT2D eigenvalue weighted by Gasteiger charge is -2.13. The molecular formula is C12H16O3. The molecule has 0 spiro atoms. The van der Waals surface area contributed by atoms with Gasteiger partial charge in [-0.1, -0.05) is 12.1 Å². The first-order valence-electron chi connectivity index (χ1n) is 5.03. The van der Waals surface area contributed by atoms with Gasteiger partial charge in [-0.15, -0.1) is 0 Å². The molecule has 0 bridgehead atoms. The SMILES string of the molecule is Cc1cccc(OC(C)CCC(=O)O)c1. The van der Waals surface area contributed by atoms with E-state index in [0.717, 1.165) is 11.3 Å². The van der Waals surface area contributed by atoms with Gasteiger partial charge in [-0.05, 0) is 38.0 Å². The Morgan fingerprint density at radius 2 is 2.27 bits per heavy atom. The van der Waals surface area contributed by atoms with Crippen molar-refractivity contribution in [2.75, 3.05) is 0 Å². The summed E-state index contributed by atoms with van der Waals surface area (Å²) in [7, 11) is 0. The van der Waals surface area contributed by atoms with Gasteiger partial charge in [0, 0.05) is 6.42 Å². The van der Waals surface area contributed by atoms with Gasteiger partial charge >= 0.3 is 5.97 Å². The third-order valence-electron chi connectivity index (χ3n) is 2.09. The van der Waals surface area contributed by atoms with Crippen LogP contribution in [0.2, 0.25) is 0 Å². The lowest BCUT2D eigenvalue weighted by Crippen LogP contribution is -2.13. The van der Waals surface area contributed by atoms with Crippen molar-refractivity contribution in [1.29, 1.82) is 0 Å². The molecule has 0 radical (unpaired) electrons. The zero-order valence-electron chi connectivity index (χ0n) is 9.06. The van der Waals surface area contributed by atoms with Crippen molar-refractivity contribution < 1.29 is 14.6 Å². The molecule has 15 heavy (non-hydrogen) atoms. The quantitative estimate of drug-likeness (QED) is 0.809. The summed E-state index contributed by atoms with van der Waals surface area (Å²) in [5.41, 5.74) is 1.14. The average molecular weight is 208 g/mol. The van der Waals surface area contributed by atoms with E-state index >= 15 is 0 Å². The zero-order chi connectivity index (χ0) is 11.3. The van der Waals surface area contributed by atoms with E-state index < -0.39 is 5.97 Å². The van der Waals surface area contributed by atoms with Gasteiger partial charge in [0.1, 0.15) is 5.75 Å². The minimum atomic E-state index is -0.783. The Hall–Kier alpha value is -1.51. The molecule has 0 aliphatic rings. The maximum Gasteiger partial charge on any atom is 0.303 e. The third-order valence-corrected chi connectivity index (χ3v) is 2.09. The molecule has 1 N–H and O–H groups in total. The molecule has 0 amide bonds. The van der Waals surface area contributed by atoms with Crippen molar-refractivity contribution in [3.8, 4) is 5.75 Å². The minimum absolute atomic E-state index is 0.0668. The second-order valence-corrected chi connectivity index (χ2v) is 3.68. The Kier molecular flexibility index (Phi) is 4.16. The second-order valence-electron chi connectivity index (χ2n) is 3.68. The first-order chi connectivity index (χ1) is 7.08. The van der Waals surface area contributed by atoms with Crippen LogP contribution in [0.4, 0.5) is 0 Å². The van der Waals surface area contributed by atoms with Gasteiger partial charge in [-0.2, -0.15) is 0 Å². The molecular weight excluding hydrogens is 192 g/mol. The minimum Gasteiger partial charge on any atom is -0.491 e. The van der Waals surface area contributed by atoms with Crippen LogP contribution in [-0.2, 0) is 4.79 Å². The number of hydrogen-bond acceptors (Lipinski definition) is 2. The van der Waals surface area contributed by atoms with Crippen molar-refractivity contribution in [2.24, 2.45) is 0 Å². The Balaban J connectivity index is 2.44. The Labute approximate surface area is 89.7 Å². The number of carboxylic acids is 1. The van der Waals surface area contributed by atoms with Gasteiger partial charge in [0.05, 0.1) is 6.10 Å². The van der Waals surface area contributed by atoms with Crippen LogP contribution in [0, 0.1) is 6.92 Å². The van der Waals surface area contributed by atoms with E-state index in [9.17, 15) is 4.79 Å². The summed E-state index contributed by atoms with van der Waals surface area (Å²) in [4.78, 5) is 10.4. The fraction of sp³-hybridized carbons (Fsp3) is 0.417. The molecule has 0 heterocycles. The van der Waals surface area contributed by atoms with Gasteiger partial charge < -0.3 is 9.84 Å². The second kappa shape index (κ2) is 5.39. The van der Waals surface area contributed by atoms with E-state index in [0.29, 0.717) is 6.42 Å². The van der Waals surface area contributed by atoms with Gasteiger partial charge in [-0.3, -0.25) is 4.79 Å². The molecule has 1 aromatic rings.